The van der Waals surface area contributed by atoms with Crippen molar-refractivity contribution in [2.45, 2.75) is 33.3 Å². The zero-order chi connectivity index (χ0) is 12.2. The molecule has 0 bridgehead atoms. The molecule has 0 spiro atoms. The molecular formula is C14H23NO. The van der Waals surface area contributed by atoms with Crippen molar-refractivity contribution in [3.63, 3.8) is 0 Å². The van der Waals surface area contributed by atoms with Gasteiger partial charge in [0, 0.05) is 6.54 Å². The lowest BCUT2D eigenvalue weighted by Gasteiger charge is -2.26. The fourth-order valence-corrected chi connectivity index (χ4v) is 1.88. The average Bonchev–Trinajstić information content (AvgIpc) is 2.17. The second kappa shape index (κ2) is 5.46. The minimum absolute atomic E-state index is 0.593. The van der Waals surface area contributed by atoms with Gasteiger partial charge in [0.15, 0.2) is 0 Å². The van der Waals surface area contributed by atoms with Crippen LogP contribution in [-0.4, -0.2) is 18.2 Å². The highest BCUT2D eigenvalue weighted by atomic mass is 16.3. The van der Waals surface area contributed by atoms with Crippen molar-refractivity contribution in [1.82, 2.24) is 5.32 Å². The molecule has 0 heterocycles. The van der Waals surface area contributed by atoms with Gasteiger partial charge in [-0.3, -0.25) is 0 Å². The first kappa shape index (κ1) is 13.2. The van der Waals surface area contributed by atoms with E-state index in [2.05, 4.69) is 19.2 Å². The molecule has 0 aliphatic rings. The fraction of sp³-hybridized carbons (Fsp3) is 0.571. The second-order valence-corrected chi connectivity index (χ2v) is 5.11. The summed E-state index contributed by atoms with van der Waals surface area (Å²) in [5.41, 5.74) is 1.35. The Balaban J connectivity index is 2.66. The van der Waals surface area contributed by atoms with Crippen molar-refractivity contribution in [2.24, 2.45) is 5.92 Å². The molecule has 2 heteroatoms. The number of benzene rings is 1. The van der Waals surface area contributed by atoms with E-state index in [9.17, 15) is 5.11 Å². The third kappa shape index (κ3) is 3.62. The molecule has 2 nitrogen and oxygen atoms in total. The van der Waals surface area contributed by atoms with Gasteiger partial charge in [0.2, 0.25) is 0 Å². The summed E-state index contributed by atoms with van der Waals surface area (Å²) in [6.45, 7) is 9.75. The molecule has 1 aromatic carbocycles. The van der Waals surface area contributed by atoms with E-state index in [4.69, 9.17) is 0 Å². The highest BCUT2D eigenvalue weighted by molar-refractivity contribution is 5.30. The summed E-state index contributed by atoms with van der Waals surface area (Å²) in [6, 6.07) is 7.99. The smallest absolute Gasteiger partial charge is 0.0994 e. The van der Waals surface area contributed by atoms with Crippen LogP contribution in [-0.2, 0) is 5.60 Å². The zero-order valence-corrected chi connectivity index (χ0v) is 10.7. The van der Waals surface area contributed by atoms with Crippen LogP contribution in [0, 0.1) is 12.8 Å². The van der Waals surface area contributed by atoms with Crippen molar-refractivity contribution in [3.8, 4) is 0 Å². The SMILES string of the molecule is Cc1ccccc1C(C)(O)CNCC(C)C. The standard InChI is InChI=1S/C14H23NO/c1-11(2)9-15-10-14(4,16)13-8-6-5-7-12(13)3/h5-8,11,15-16H,9-10H2,1-4H3. The summed E-state index contributed by atoms with van der Waals surface area (Å²) in [4.78, 5) is 0. The molecule has 1 aromatic rings. The highest BCUT2D eigenvalue weighted by Gasteiger charge is 2.23. The van der Waals surface area contributed by atoms with Gasteiger partial charge in [-0.15, -0.1) is 0 Å². The summed E-state index contributed by atoms with van der Waals surface area (Å²) >= 11 is 0. The first-order valence-electron chi connectivity index (χ1n) is 5.92. The molecular weight excluding hydrogens is 198 g/mol. The fourth-order valence-electron chi connectivity index (χ4n) is 1.88. The molecule has 2 N–H and O–H groups in total. The van der Waals surface area contributed by atoms with E-state index in [0.717, 1.165) is 17.7 Å². The van der Waals surface area contributed by atoms with Crippen LogP contribution in [0.3, 0.4) is 0 Å². The topological polar surface area (TPSA) is 32.3 Å². The Bertz CT molecular complexity index is 331. The van der Waals surface area contributed by atoms with Crippen molar-refractivity contribution >= 4 is 0 Å². The summed E-state index contributed by atoms with van der Waals surface area (Å²) < 4.78 is 0. The van der Waals surface area contributed by atoms with E-state index in [1.807, 2.05) is 38.1 Å². The van der Waals surface area contributed by atoms with Crippen molar-refractivity contribution in [2.75, 3.05) is 13.1 Å². The van der Waals surface area contributed by atoms with Crippen LogP contribution in [0.1, 0.15) is 31.9 Å². The van der Waals surface area contributed by atoms with Gasteiger partial charge in [0.1, 0.15) is 0 Å². The predicted octanol–water partition coefficient (Wildman–Crippen LogP) is 2.45. The second-order valence-electron chi connectivity index (χ2n) is 5.11. The van der Waals surface area contributed by atoms with E-state index < -0.39 is 5.60 Å². The molecule has 0 saturated carbocycles. The van der Waals surface area contributed by atoms with Crippen LogP contribution in [0.25, 0.3) is 0 Å². The maximum atomic E-state index is 10.4. The number of rotatable bonds is 5. The molecule has 1 unspecified atom stereocenters. The first-order valence-corrected chi connectivity index (χ1v) is 5.92. The largest absolute Gasteiger partial charge is 0.384 e. The van der Waals surface area contributed by atoms with E-state index in [1.54, 1.807) is 0 Å². The van der Waals surface area contributed by atoms with Gasteiger partial charge >= 0.3 is 0 Å². The van der Waals surface area contributed by atoms with Crippen LogP contribution in [0.5, 0.6) is 0 Å². The van der Waals surface area contributed by atoms with Gasteiger partial charge in [0.05, 0.1) is 5.60 Å². The summed E-state index contributed by atoms with van der Waals surface area (Å²) in [6.07, 6.45) is 0. The predicted molar refractivity (Wildman–Crippen MR) is 68.5 cm³/mol. The molecule has 0 radical (unpaired) electrons. The van der Waals surface area contributed by atoms with Gasteiger partial charge in [-0.05, 0) is 37.4 Å². The lowest BCUT2D eigenvalue weighted by molar-refractivity contribution is 0.0558. The molecule has 1 rings (SSSR count). The third-order valence-corrected chi connectivity index (χ3v) is 2.75. The Hall–Kier alpha value is -0.860. The monoisotopic (exact) mass is 221 g/mol. The zero-order valence-electron chi connectivity index (χ0n) is 10.7. The van der Waals surface area contributed by atoms with Gasteiger partial charge in [-0.1, -0.05) is 38.1 Å². The summed E-state index contributed by atoms with van der Waals surface area (Å²) in [7, 11) is 0. The minimum Gasteiger partial charge on any atom is -0.384 e. The van der Waals surface area contributed by atoms with Crippen molar-refractivity contribution in [1.29, 1.82) is 0 Å². The van der Waals surface area contributed by atoms with E-state index >= 15 is 0 Å². The third-order valence-electron chi connectivity index (χ3n) is 2.75. The van der Waals surface area contributed by atoms with E-state index in [-0.39, 0.29) is 0 Å². The molecule has 0 aliphatic heterocycles. The van der Waals surface area contributed by atoms with Crippen LogP contribution in [0.4, 0.5) is 0 Å². The maximum absolute atomic E-state index is 10.4. The highest BCUT2D eigenvalue weighted by Crippen LogP contribution is 2.22. The Morgan fingerprint density at radius 1 is 1.31 bits per heavy atom. The van der Waals surface area contributed by atoms with Crippen molar-refractivity contribution in [3.05, 3.63) is 35.4 Å². The minimum atomic E-state index is -0.791. The molecule has 0 fully saturated rings. The summed E-state index contributed by atoms with van der Waals surface area (Å²) in [5.74, 6) is 0.604. The lowest BCUT2D eigenvalue weighted by atomic mass is 9.92. The molecule has 1 atom stereocenters. The Kier molecular flexibility index (Phi) is 4.51. The van der Waals surface area contributed by atoms with Gasteiger partial charge in [0.25, 0.3) is 0 Å². The molecule has 90 valence electrons. The van der Waals surface area contributed by atoms with Crippen LogP contribution >= 0.6 is 0 Å². The Morgan fingerprint density at radius 3 is 2.50 bits per heavy atom. The number of nitrogens with one attached hydrogen (secondary N) is 1. The molecule has 16 heavy (non-hydrogen) atoms. The van der Waals surface area contributed by atoms with Gasteiger partial charge in [-0.2, -0.15) is 0 Å². The van der Waals surface area contributed by atoms with Gasteiger partial charge in [-0.25, -0.2) is 0 Å². The number of aliphatic hydroxyl groups is 1. The van der Waals surface area contributed by atoms with E-state index in [1.165, 1.54) is 0 Å². The number of aryl methyl sites for hydroxylation is 1. The van der Waals surface area contributed by atoms with Crippen LogP contribution < -0.4 is 5.32 Å². The van der Waals surface area contributed by atoms with Crippen LogP contribution in [0.15, 0.2) is 24.3 Å². The van der Waals surface area contributed by atoms with Crippen molar-refractivity contribution < 1.29 is 5.11 Å². The first-order chi connectivity index (χ1) is 7.43. The Morgan fingerprint density at radius 2 is 1.94 bits per heavy atom. The normalized spacial score (nSPS) is 15.1. The molecule has 0 amide bonds. The average molecular weight is 221 g/mol. The molecule has 0 aliphatic carbocycles. The maximum Gasteiger partial charge on any atom is 0.0994 e. The molecule has 0 aromatic heterocycles. The summed E-state index contributed by atoms with van der Waals surface area (Å²) in [5, 5.41) is 13.7. The number of hydrogen-bond acceptors (Lipinski definition) is 2. The molecule has 0 saturated heterocycles. The quantitative estimate of drug-likeness (QED) is 0.800. The Labute approximate surface area is 98.7 Å². The number of hydrogen-bond donors (Lipinski definition) is 2. The van der Waals surface area contributed by atoms with Gasteiger partial charge < -0.3 is 10.4 Å². The van der Waals surface area contributed by atoms with Crippen LogP contribution in [0.2, 0.25) is 0 Å². The van der Waals surface area contributed by atoms with E-state index in [0.29, 0.717) is 12.5 Å². The lowest BCUT2D eigenvalue weighted by Crippen LogP contribution is -2.37.